The molecular formula is C32H56O2. The zero-order chi connectivity index (χ0) is 24.9. The maximum atomic E-state index is 10.5. The average molecular weight is 473 g/mol. The van der Waals surface area contributed by atoms with Crippen molar-refractivity contribution in [2.24, 2.45) is 56.7 Å². The van der Waals surface area contributed by atoms with Crippen LogP contribution >= 0.6 is 0 Å². The Morgan fingerprint density at radius 2 is 1.47 bits per heavy atom. The SMILES string of the molecule is CO[C@H]1CC[C@]23C[C@]24CC[C@]2(C)[C@@H]([C@H](C)CC[C@H](C)C(C)(C)O)CC[C@@]2(C)[C@@H]4CC[C@H]3C1(C)C. The first-order chi connectivity index (χ1) is 15.7. The van der Waals surface area contributed by atoms with Crippen LogP contribution in [0.2, 0.25) is 0 Å². The summed E-state index contributed by atoms with van der Waals surface area (Å²) in [7, 11) is 1.95. The number of ether oxygens (including phenoxy) is 1. The second-order valence-corrected chi connectivity index (χ2v) is 15.8. The van der Waals surface area contributed by atoms with Gasteiger partial charge >= 0.3 is 0 Å². The summed E-state index contributed by atoms with van der Waals surface area (Å²) in [6, 6.07) is 0. The summed E-state index contributed by atoms with van der Waals surface area (Å²) in [4.78, 5) is 0. The van der Waals surface area contributed by atoms with E-state index in [1.165, 1.54) is 64.2 Å². The summed E-state index contributed by atoms with van der Waals surface area (Å²) in [5.74, 6) is 3.81. The molecule has 0 aromatic heterocycles. The van der Waals surface area contributed by atoms with Gasteiger partial charge < -0.3 is 9.84 Å². The molecule has 0 saturated heterocycles. The molecule has 0 unspecified atom stereocenters. The van der Waals surface area contributed by atoms with Crippen molar-refractivity contribution in [1.29, 1.82) is 0 Å². The van der Waals surface area contributed by atoms with E-state index in [0.717, 1.165) is 30.1 Å². The highest BCUT2D eigenvalue weighted by Gasteiger charge is 2.82. The fourth-order valence-corrected chi connectivity index (χ4v) is 11.8. The third kappa shape index (κ3) is 3.12. The van der Waals surface area contributed by atoms with Gasteiger partial charge in [0.05, 0.1) is 11.7 Å². The van der Waals surface area contributed by atoms with Crippen LogP contribution < -0.4 is 0 Å². The Labute approximate surface area is 211 Å². The van der Waals surface area contributed by atoms with Crippen LogP contribution in [0.25, 0.3) is 0 Å². The highest BCUT2D eigenvalue weighted by Crippen LogP contribution is 2.89. The molecule has 0 radical (unpaired) electrons. The lowest BCUT2D eigenvalue weighted by Crippen LogP contribution is -2.57. The summed E-state index contributed by atoms with van der Waals surface area (Å²) >= 11 is 0. The first kappa shape index (κ1) is 25.6. The van der Waals surface area contributed by atoms with Gasteiger partial charge in [-0.1, -0.05) is 48.0 Å². The van der Waals surface area contributed by atoms with E-state index < -0.39 is 5.60 Å². The van der Waals surface area contributed by atoms with E-state index in [9.17, 15) is 5.11 Å². The second-order valence-electron chi connectivity index (χ2n) is 15.8. The van der Waals surface area contributed by atoms with Crippen LogP contribution in [0.5, 0.6) is 0 Å². The molecule has 2 nitrogen and oxygen atoms in total. The van der Waals surface area contributed by atoms with Gasteiger partial charge in [-0.3, -0.25) is 0 Å². The molecule has 0 aliphatic heterocycles. The van der Waals surface area contributed by atoms with Gasteiger partial charge in [0.15, 0.2) is 0 Å². The van der Waals surface area contributed by atoms with Crippen molar-refractivity contribution in [3.8, 4) is 0 Å². The molecular weight excluding hydrogens is 416 g/mol. The molecule has 5 aliphatic rings. The van der Waals surface area contributed by atoms with E-state index in [0.29, 0.717) is 39.1 Å². The van der Waals surface area contributed by atoms with Gasteiger partial charge in [0, 0.05) is 7.11 Å². The average Bonchev–Trinajstić information content (AvgIpc) is 3.33. The predicted molar refractivity (Wildman–Crippen MR) is 142 cm³/mol. The standard InChI is InChI=1S/C32H56O2/c1-21(10-11-22(2)28(5,6)33)23-14-16-30(8)25-13-12-24-27(3,4)26(34-9)15-17-31(24)20-32(25,31)19-18-29(23,30)7/h21-26,33H,10-20H2,1-9H3/t21-,22+,23-,24+,25+,26+,29-,30+,31-,32+/m1/s1. The minimum absolute atomic E-state index is 0.326. The largest absolute Gasteiger partial charge is 0.390 e. The molecule has 0 aromatic carbocycles. The lowest BCUT2D eigenvalue weighted by Gasteiger charge is -2.63. The third-order valence-corrected chi connectivity index (χ3v) is 14.3. The maximum absolute atomic E-state index is 10.5. The van der Waals surface area contributed by atoms with Crippen molar-refractivity contribution in [3.63, 3.8) is 0 Å². The summed E-state index contributed by atoms with van der Waals surface area (Å²) in [5, 5.41) is 10.5. The highest BCUT2D eigenvalue weighted by molar-refractivity contribution is 5.30. The fourth-order valence-electron chi connectivity index (χ4n) is 11.8. The quantitative estimate of drug-likeness (QED) is 0.421. The van der Waals surface area contributed by atoms with Crippen LogP contribution in [0.3, 0.4) is 0 Å². The van der Waals surface area contributed by atoms with Crippen molar-refractivity contribution < 1.29 is 9.84 Å². The van der Waals surface area contributed by atoms with Gasteiger partial charge in [-0.15, -0.1) is 0 Å². The first-order valence-electron chi connectivity index (χ1n) is 14.9. The van der Waals surface area contributed by atoms with Crippen molar-refractivity contribution >= 4 is 0 Å². The zero-order valence-electron chi connectivity index (χ0n) is 24.1. The lowest BCUT2D eigenvalue weighted by molar-refractivity contribution is -0.166. The summed E-state index contributed by atoms with van der Waals surface area (Å²) in [5.41, 5.74) is 2.06. The Morgan fingerprint density at radius 1 is 0.824 bits per heavy atom. The Morgan fingerprint density at radius 3 is 2.12 bits per heavy atom. The van der Waals surface area contributed by atoms with Crippen LogP contribution in [-0.2, 0) is 4.74 Å². The van der Waals surface area contributed by atoms with Crippen LogP contribution in [-0.4, -0.2) is 23.9 Å². The molecule has 2 spiro atoms. The van der Waals surface area contributed by atoms with Gasteiger partial charge in [-0.2, -0.15) is 0 Å². The fraction of sp³-hybridized carbons (Fsp3) is 1.00. The monoisotopic (exact) mass is 472 g/mol. The first-order valence-corrected chi connectivity index (χ1v) is 14.9. The van der Waals surface area contributed by atoms with Gasteiger partial charge in [0.25, 0.3) is 0 Å². The Kier molecular flexibility index (Phi) is 5.80. The molecule has 5 rings (SSSR count). The van der Waals surface area contributed by atoms with Crippen molar-refractivity contribution in [3.05, 3.63) is 0 Å². The summed E-state index contributed by atoms with van der Waals surface area (Å²) < 4.78 is 6.04. The minimum Gasteiger partial charge on any atom is -0.390 e. The van der Waals surface area contributed by atoms with Crippen molar-refractivity contribution in [1.82, 2.24) is 0 Å². The van der Waals surface area contributed by atoms with Gasteiger partial charge in [0.1, 0.15) is 0 Å². The van der Waals surface area contributed by atoms with E-state index in [2.05, 4.69) is 41.5 Å². The Hall–Kier alpha value is -0.0800. The zero-order valence-corrected chi connectivity index (χ0v) is 24.1. The molecule has 0 aromatic rings. The Bertz CT molecular complexity index is 795. The van der Waals surface area contributed by atoms with Crippen LogP contribution in [0.1, 0.15) is 126 Å². The molecule has 2 heteroatoms. The smallest absolute Gasteiger partial charge is 0.0625 e. The molecule has 196 valence electrons. The van der Waals surface area contributed by atoms with E-state index in [1.54, 1.807) is 0 Å². The second kappa shape index (κ2) is 7.72. The van der Waals surface area contributed by atoms with Crippen LogP contribution in [0, 0.1) is 56.7 Å². The highest BCUT2D eigenvalue weighted by atomic mass is 16.5. The van der Waals surface area contributed by atoms with Crippen LogP contribution in [0.15, 0.2) is 0 Å². The van der Waals surface area contributed by atoms with E-state index in [1.807, 2.05) is 21.0 Å². The number of rotatable bonds is 6. The molecule has 5 saturated carbocycles. The minimum atomic E-state index is -0.556. The molecule has 5 aliphatic carbocycles. The van der Waals surface area contributed by atoms with Crippen molar-refractivity contribution in [2.45, 2.75) is 138 Å². The maximum Gasteiger partial charge on any atom is 0.0625 e. The van der Waals surface area contributed by atoms with Gasteiger partial charge in [-0.05, 0) is 135 Å². The normalized spacial score (nSPS) is 51.0. The van der Waals surface area contributed by atoms with Crippen molar-refractivity contribution in [2.75, 3.05) is 7.11 Å². The topological polar surface area (TPSA) is 29.5 Å². The number of hydrogen-bond acceptors (Lipinski definition) is 2. The van der Waals surface area contributed by atoms with E-state index >= 15 is 0 Å². The molecule has 5 fully saturated rings. The van der Waals surface area contributed by atoms with Gasteiger partial charge in [-0.25, -0.2) is 0 Å². The number of fused-ring (bicyclic) bond motifs is 2. The lowest BCUT2D eigenvalue weighted by atomic mass is 9.41. The molecule has 0 bridgehead atoms. The van der Waals surface area contributed by atoms with E-state index in [4.69, 9.17) is 4.74 Å². The predicted octanol–water partition coefficient (Wildman–Crippen LogP) is 8.26. The number of hydrogen-bond donors (Lipinski definition) is 1. The summed E-state index contributed by atoms with van der Waals surface area (Å²) in [6.45, 7) is 19.3. The van der Waals surface area contributed by atoms with E-state index in [-0.39, 0.29) is 0 Å². The molecule has 0 amide bonds. The van der Waals surface area contributed by atoms with Crippen LogP contribution in [0.4, 0.5) is 0 Å². The van der Waals surface area contributed by atoms with Gasteiger partial charge in [0.2, 0.25) is 0 Å². The molecule has 1 N–H and O–H groups in total. The summed E-state index contributed by atoms with van der Waals surface area (Å²) in [6.07, 6.45) is 15.9. The molecule has 34 heavy (non-hydrogen) atoms. The molecule has 0 heterocycles. The Balaban J connectivity index is 1.36. The number of aliphatic hydroxyl groups is 1. The molecule has 10 atom stereocenters. The third-order valence-electron chi connectivity index (χ3n) is 14.3. The number of methoxy groups -OCH3 is 1.